The summed E-state index contributed by atoms with van der Waals surface area (Å²) >= 11 is 0. The molecular formula is C19H31NO4S. The Morgan fingerprint density at radius 1 is 1.16 bits per heavy atom. The molecule has 0 unspecified atom stereocenters. The van der Waals surface area contributed by atoms with E-state index < -0.39 is 9.84 Å². The summed E-state index contributed by atoms with van der Waals surface area (Å²) in [5, 5.41) is -0.324. The van der Waals surface area contributed by atoms with Gasteiger partial charge >= 0.3 is 0 Å². The minimum absolute atomic E-state index is 0.160. The Balaban J connectivity index is 2.24. The van der Waals surface area contributed by atoms with Crippen molar-refractivity contribution < 1.29 is 17.9 Å². The molecular weight excluding hydrogens is 338 g/mol. The van der Waals surface area contributed by atoms with E-state index in [9.17, 15) is 13.2 Å². The van der Waals surface area contributed by atoms with Crippen LogP contribution in [0.25, 0.3) is 0 Å². The number of carbonyl (C=O) groups is 1. The predicted octanol–water partition coefficient (Wildman–Crippen LogP) is 3.76. The van der Waals surface area contributed by atoms with Crippen molar-refractivity contribution in [2.45, 2.75) is 71.0 Å². The number of aromatic nitrogens is 1. The summed E-state index contributed by atoms with van der Waals surface area (Å²) in [7, 11) is -2.97. The van der Waals surface area contributed by atoms with Crippen LogP contribution in [-0.2, 0) is 21.1 Å². The van der Waals surface area contributed by atoms with Gasteiger partial charge in [0.1, 0.15) is 5.78 Å². The molecule has 25 heavy (non-hydrogen) atoms. The minimum atomic E-state index is -2.97. The van der Waals surface area contributed by atoms with Crippen molar-refractivity contribution in [1.29, 1.82) is 0 Å². The highest BCUT2D eigenvalue weighted by atomic mass is 32.2. The third-order valence-electron chi connectivity index (χ3n) is 4.05. The number of nitrogens with zero attached hydrogens (tertiary/aromatic N) is 1. The third kappa shape index (κ3) is 9.00. The van der Waals surface area contributed by atoms with Gasteiger partial charge in [0.2, 0.25) is 5.88 Å². The van der Waals surface area contributed by atoms with Gasteiger partial charge in [0.25, 0.3) is 0 Å². The Labute approximate surface area is 152 Å². The van der Waals surface area contributed by atoms with Gasteiger partial charge in [0.15, 0.2) is 9.84 Å². The second-order valence-electron chi connectivity index (χ2n) is 6.65. The number of hydrogen-bond acceptors (Lipinski definition) is 5. The maximum absolute atomic E-state index is 12.0. The molecule has 1 heterocycles. The van der Waals surface area contributed by atoms with Crippen LogP contribution in [0.1, 0.15) is 64.9 Å². The molecule has 1 aromatic heterocycles. The van der Waals surface area contributed by atoms with E-state index >= 15 is 0 Å². The summed E-state index contributed by atoms with van der Waals surface area (Å²) in [6, 6.07) is 3.68. The van der Waals surface area contributed by atoms with Crippen LogP contribution in [0.15, 0.2) is 18.3 Å². The van der Waals surface area contributed by atoms with E-state index in [2.05, 4.69) is 11.9 Å². The monoisotopic (exact) mass is 369 g/mol. The summed E-state index contributed by atoms with van der Waals surface area (Å²) in [5.41, 5.74) is 0.884. The molecule has 0 saturated carbocycles. The van der Waals surface area contributed by atoms with E-state index in [-0.39, 0.29) is 16.8 Å². The molecule has 0 aromatic carbocycles. The minimum Gasteiger partial charge on any atom is -0.478 e. The van der Waals surface area contributed by atoms with Gasteiger partial charge in [-0.1, -0.05) is 25.8 Å². The molecule has 0 N–H and O–H groups in total. The van der Waals surface area contributed by atoms with E-state index in [4.69, 9.17) is 4.74 Å². The molecule has 1 aromatic rings. The van der Waals surface area contributed by atoms with Gasteiger partial charge in [-0.25, -0.2) is 13.4 Å². The number of pyridine rings is 1. The SMILES string of the molecule is CCCCOc1ccc(CC(=O)CCCCCS(=O)(=O)C(C)C)cn1. The van der Waals surface area contributed by atoms with Gasteiger partial charge in [-0.15, -0.1) is 0 Å². The lowest BCUT2D eigenvalue weighted by Crippen LogP contribution is -2.17. The Morgan fingerprint density at radius 2 is 1.92 bits per heavy atom. The smallest absolute Gasteiger partial charge is 0.213 e. The van der Waals surface area contributed by atoms with E-state index in [1.54, 1.807) is 26.1 Å². The quantitative estimate of drug-likeness (QED) is 0.495. The zero-order valence-corrected chi connectivity index (χ0v) is 16.5. The second-order valence-corrected chi connectivity index (χ2v) is 9.33. The second kappa shape index (κ2) is 11.2. The number of carbonyl (C=O) groups excluding carboxylic acids is 1. The lowest BCUT2D eigenvalue weighted by Gasteiger charge is -2.07. The number of ether oxygens (including phenoxy) is 1. The van der Waals surface area contributed by atoms with Gasteiger partial charge in [-0.05, 0) is 38.7 Å². The van der Waals surface area contributed by atoms with Crippen molar-refractivity contribution in [2.24, 2.45) is 0 Å². The van der Waals surface area contributed by atoms with Crippen molar-refractivity contribution >= 4 is 15.6 Å². The Kier molecular flexibility index (Phi) is 9.71. The summed E-state index contributed by atoms with van der Waals surface area (Å²) in [6.45, 7) is 6.17. The fraction of sp³-hybridized carbons (Fsp3) is 0.684. The first-order valence-corrected chi connectivity index (χ1v) is 10.9. The summed E-state index contributed by atoms with van der Waals surface area (Å²) < 4.78 is 28.9. The van der Waals surface area contributed by atoms with Crippen molar-refractivity contribution in [3.05, 3.63) is 23.9 Å². The van der Waals surface area contributed by atoms with Crippen LogP contribution >= 0.6 is 0 Å². The zero-order chi connectivity index (χ0) is 18.7. The van der Waals surface area contributed by atoms with Crippen LogP contribution < -0.4 is 4.74 Å². The molecule has 0 amide bonds. The summed E-state index contributed by atoms with van der Waals surface area (Å²) in [5.74, 6) is 0.964. The fourth-order valence-corrected chi connectivity index (χ4v) is 3.35. The van der Waals surface area contributed by atoms with Crippen molar-refractivity contribution in [2.75, 3.05) is 12.4 Å². The van der Waals surface area contributed by atoms with Crippen LogP contribution in [0.2, 0.25) is 0 Å². The Bertz CT molecular complexity index is 609. The molecule has 1 rings (SSSR count). The molecule has 5 nitrogen and oxygen atoms in total. The molecule has 0 aliphatic carbocycles. The molecule has 0 bridgehead atoms. The molecule has 6 heteroatoms. The van der Waals surface area contributed by atoms with Crippen LogP contribution in [0.4, 0.5) is 0 Å². The van der Waals surface area contributed by atoms with E-state index in [0.29, 0.717) is 31.7 Å². The largest absolute Gasteiger partial charge is 0.478 e. The van der Waals surface area contributed by atoms with Crippen molar-refractivity contribution in [3.63, 3.8) is 0 Å². The van der Waals surface area contributed by atoms with Crippen LogP contribution in [0, 0.1) is 0 Å². The number of hydrogen-bond donors (Lipinski definition) is 0. The fourth-order valence-electron chi connectivity index (χ4n) is 2.28. The number of unbranched alkanes of at least 4 members (excludes halogenated alkanes) is 3. The van der Waals surface area contributed by atoms with E-state index in [1.807, 2.05) is 6.07 Å². The summed E-state index contributed by atoms with van der Waals surface area (Å²) in [4.78, 5) is 16.2. The van der Waals surface area contributed by atoms with Crippen LogP contribution in [0.3, 0.4) is 0 Å². The highest BCUT2D eigenvalue weighted by Crippen LogP contribution is 2.12. The van der Waals surface area contributed by atoms with Gasteiger partial charge in [0, 0.05) is 25.1 Å². The summed E-state index contributed by atoms with van der Waals surface area (Å²) in [6.07, 6.45) is 6.74. The van der Waals surface area contributed by atoms with Gasteiger partial charge < -0.3 is 4.74 Å². The lowest BCUT2D eigenvalue weighted by molar-refractivity contribution is -0.118. The molecule has 0 radical (unpaired) electrons. The zero-order valence-electron chi connectivity index (χ0n) is 15.7. The maximum Gasteiger partial charge on any atom is 0.213 e. The first-order chi connectivity index (χ1) is 11.8. The van der Waals surface area contributed by atoms with Gasteiger partial charge in [-0.2, -0.15) is 0 Å². The molecule has 142 valence electrons. The Hall–Kier alpha value is -1.43. The first kappa shape index (κ1) is 21.6. The molecule has 0 saturated heterocycles. The van der Waals surface area contributed by atoms with Crippen LogP contribution in [0.5, 0.6) is 5.88 Å². The molecule has 0 fully saturated rings. The highest BCUT2D eigenvalue weighted by Gasteiger charge is 2.15. The topological polar surface area (TPSA) is 73.3 Å². The number of ketones is 1. The molecule has 0 aliphatic heterocycles. The molecule has 0 atom stereocenters. The van der Waals surface area contributed by atoms with Gasteiger partial charge in [-0.3, -0.25) is 4.79 Å². The number of Topliss-reactive ketones (excluding diaryl/α,β-unsaturated/α-hetero) is 1. The Morgan fingerprint density at radius 3 is 2.52 bits per heavy atom. The molecule has 0 aliphatic rings. The molecule has 0 spiro atoms. The van der Waals surface area contributed by atoms with E-state index in [1.165, 1.54) is 0 Å². The normalized spacial score (nSPS) is 11.7. The highest BCUT2D eigenvalue weighted by molar-refractivity contribution is 7.91. The first-order valence-electron chi connectivity index (χ1n) is 9.16. The number of rotatable bonds is 13. The average molecular weight is 370 g/mol. The maximum atomic E-state index is 12.0. The van der Waals surface area contributed by atoms with Gasteiger partial charge in [0.05, 0.1) is 17.6 Å². The standard InChI is InChI=1S/C19H31NO4S/c1-4-5-12-24-19-11-10-17(15-20-19)14-18(21)9-7-6-8-13-25(22,23)16(2)3/h10-11,15-16H,4-9,12-14H2,1-3H3. The van der Waals surface area contributed by atoms with E-state index in [0.717, 1.165) is 31.2 Å². The number of sulfone groups is 1. The predicted molar refractivity (Wildman–Crippen MR) is 101 cm³/mol. The third-order valence-corrected chi connectivity index (χ3v) is 6.34. The average Bonchev–Trinajstić information content (AvgIpc) is 2.56. The van der Waals surface area contributed by atoms with Crippen LogP contribution in [-0.4, -0.2) is 36.8 Å². The van der Waals surface area contributed by atoms with Crippen molar-refractivity contribution in [1.82, 2.24) is 4.98 Å². The lowest BCUT2D eigenvalue weighted by atomic mass is 10.1. The van der Waals surface area contributed by atoms with Crippen molar-refractivity contribution in [3.8, 4) is 5.88 Å².